The zero-order valence-corrected chi connectivity index (χ0v) is 27.1. The molecule has 3 heterocycles. The van der Waals surface area contributed by atoms with Gasteiger partial charge in [0.15, 0.2) is 6.10 Å². The fraction of sp³-hybridized carbons (Fsp3) is 0.457. The molecule has 0 radical (unpaired) electrons. The van der Waals surface area contributed by atoms with Gasteiger partial charge in [0.2, 0.25) is 5.96 Å². The summed E-state index contributed by atoms with van der Waals surface area (Å²) in [5.41, 5.74) is 7.91. The molecule has 1 atom stereocenters. The Kier molecular flexibility index (Phi) is 9.11. The Morgan fingerprint density at radius 3 is 2.41 bits per heavy atom. The molecule has 0 bridgehead atoms. The normalized spacial score (nSPS) is 17.3. The van der Waals surface area contributed by atoms with E-state index >= 15 is 0 Å². The summed E-state index contributed by atoms with van der Waals surface area (Å²) in [5.74, 6) is -0.544. The molecule has 3 aromatic rings. The van der Waals surface area contributed by atoms with Gasteiger partial charge < -0.3 is 24.0 Å². The van der Waals surface area contributed by atoms with Crippen molar-refractivity contribution in [1.82, 2.24) is 9.47 Å². The van der Waals surface area contributed by atoms with Crippen LogP contribution in [0.1, 0.15) is 56.2 Å². The van der Waals surface area contributed by atoms with Crippen LogP contribution in [0.3, 0.4) is 0 Å². The molecule has 2 aliphatic heterocycles. The minimum Gasteiger partial charge on any atom is -0.479 e. The third-order valence-electron chi connectivity index (χ3n) is 8.30. The highest BCUT2D eigenvalue weighted by molar-refractivity contribution is 6.13. The van der Waals surface area contributed by atoms with E-state index in [0.717, 1.165) is 89.5 Å². The fourth-order valence-electron chi connectivity index (χ4n) is 6.35. The predicted octanol–water partition coefficient (Wildman–Crippen LogP) is 6.29. The van der Waals surface area contributed by atoms with Crippen LogP contribution in [0.5, 0.6) is 0 Å². The van der Waals surface area contributed by atoms with Crippen LogP contribution >= 0.6 is 0 Å². The number of benzene rings is 2. The Labute approximate surface area is 260 Å². The van der Waals surface area contributed by atoms with Crippen molar-refractivity contribution in [3.8, 4) is 11.1 Å². The van der Waals surface area contributed by atoms with Crippen LogP contribution in [0.2, 0.25) is 0 Å². The van der Waals surface area contributed by atoms with Gasteiger partial charge >= 0.3 is 5.97 Å². The summed E-state index contributed by atoms with van der Waals surface area (Å²) in [4.78, 5) is 26.6. The Hall–Kier alpha value is -3.79. The number of ether oxygens (including phenoxy) is 2. The number of hydrogen-bond donors (Lipinski definition) is 1. The van der Waals surface area contributed by atoms with Crippen molar-refractivity contribution >= 4 is 35.2 Å². The SMILES string of the molecule is C=NC(=N/C=C(\C)CN1CCOCC1)N1CCn2c(C)cc3c(-c4ccc(C)cc4)c([C@H](OC(C)(C)C)C(=O)O)c(C)c1c32. The molecule has 1 aromatic heterocycles. The van der Waals surface area contributed by atoms with Gasteiger partial charge in [-0.05, 0) is 83.5 Å². The Balaban J connectivity index is 1.73. The van der Waals surface area contributed by atoms with Crippen LogP contribution in [0.25, 0.3) is 22.0 Å². The van der Waals surface area contributed by atoms with Gasteiger partial charge in [0.25, 0.3) is 0 Å². The van der Waals surface area contributed by atoms with Crippen LogP contribution in [-0.4, -0.2) is 78.2 Å². The van der Waals surface area contributed by atoms with Crippen LogP contribution < -0.4 is 4.90 Å². The zero-order valence-electron chi connectivity index (χ0n) is 27.1. The third-order valence-corrected chi connectivity index (χ3v) is 8.30. The molecule has 44 heavy (non-hydrogen) atoms. The van der Waals surface area contributed by atoms with E-state index in [4.69, 9.17) is 14.5 Å². The second-order valence-corrected chi connectivity index (χ2v) is 12.9. The van der Waals surface area contributed by atoms with E-state index in [2.05, 4.69) is 77.2 Å². The lowest BCUT2D eigenvalue weighted by molar-refractivity contribution is -0.160. The van der Waals surface area contributed by atoms with Gasteiger partial charge in [-0.2, -0.15) is 0 Å². The van der Waals surface area contributed by atoms with Gasteiger partial charge in [-0.1, -0.05) is 29.8 Å². The highest BCUT2D eigenvalue weighted by atomic mass is 16.5. The molecule has 234 valence electrons. The number of hydrogen-bond acceptors (Lipinski definition) is 5. The molecule has 0 unspecified atom stereocenters. The van der Waals surface area contributed by atoms with Crippen molar-refractivity contribution in [1.29, 1.82) is 0 Å². The van der Waals surface area contributed by atoms with Gasteiger partial charge in [0.1, 0.15) is 0 Å². The van der Waals surface area contributed by atoms with E-state index in [-0.39, 0.29) is 0 Å². The highest BCUT2D eigenvalue weighted by Crippen LogP contribution is 2.48. The molecule has 1 saturated heterocycles. The summed E-state index contributed by atoms with van der Waals surface area (Å²) in [7, 11) is 0. The standard InChI is InChI=1S/C35H45N5O4/c1-22-9-11-26(12-10-22)29-27-19-24(3)39-13-14-40(34(36-8)37-20-23(2)21-38-15-17-43-18-16-38)30(31(27)39)25(4)28(29)32(33(41)42)44-35(5,6)7/h9-12,19-20,32H,8,13-18,21H2,1-7H3,(H,41,42)/b23-20+,37-34?/t32-/m0/s1. The van der Waals surface area contributed by atoms with E-state index < -0.39 is 17.7 Å². The summed E-state index contributed by atoms with van der Waals surface area (Å²) in [6, 6.07) is 10.4. The molecule has 2 aromatic carbocycles. The third kappa shape index (κ3) is 6.36. The van der Waals surface area contributed by atoms with Gasteiger partial charge in [-0.15, -0.1) is 0 Å². The summed E-state index contributed by atoms with van der Waals surface area (Å²) < 4.78 is 14.1. The molecule has 0 aliphatic carbocycles. The number of carboxylic acid groups (broad SMARTS) is 1. The molecule has 1 fully saturated rings. The first kappa shape index (κ1) is 31.6. The molecule has 1 N–H and O–H groups in total. The van der Waals surface area contributed by atoms with Crippen molar-refractivity contribution in [3.63, 3.8) is 0 Å². The molecular formula is C35H45N5O4. The number of rotatable bonds is 7. The summed E-state index contributed by atoms with van der Waals surface area (Å²) in [6.07, 6.45) is 0.682. The lowest BCUT2D eigenvalue weighted by atomic mass is 9.87. The maximum absolute atomic E-state index is 13.0. The van der Waals surface area contributed by atoms with Crippen molar-refractivity contribution < 1.29 is 19.4 Å². The van der Waals surface area contributed by atoms with Crippen molar-refractivity contribution in [2.45, 2.75) is 66.7 Å². The summed E-state index contributed by atoms with van der Waals surface area (Å²) >= 11 is 0. The lowest BCUT2D eigenvalue weighted by Gasteiger charge is -2.35. The minimum absolute atomic E-state index is 0.485. The monoisotopic (exact) mass is 599 g/mol. The first-order valence-electron chi connectivity index (χ1n) is 15.3. The van der Waals surface area contributed by atoms with E-state index in [1.807, 2.05) is 33.9 Å². The fourth-order valence-corrected chi connectivity index (χ4v) is 6.35. The van der Waals surface area contributed by atoms with Gasteiger partial charge in [0, 0.05) is 55.6 Å². The molecule has 5 rings (SSSR count). The zero-order chi connectivity index (χ0) is 31.8. The molecule has 0 amide bonds. The van der Waals surface area contributed by atoms with Crippen molar-refractivity contribution in [2.24, 2.45) is 9.98 Å². The Morgan fingerprint density at radius 1 is 1.11 bits per heavy atom. The number of morpholine rings is 1. The predicted molar refractivity (Wildman–Crippen MR) is 178 cm³/mol. The number of carboxylic acids is 1. The minimum atomic E-state index is -1.19. The van der Waals surface area contributed by atoms with Crippen LogP contribution in [0.4, 0.5) is 5.69 Å². The average Bonchev–Trinajstić information content (AvgIpc) is 3.31. The molecular weight excluding hydrogens is 554 g/mol. The number of aryl methyl sites for hydroxylation is 2. The maximum atomic E-state index is 13.0. The summed E-state index contributed by atoms with van der Waals surface area (Å²) in [6.45, 7) is 23.2. The number of aliphatic imine (C=N–C) groups is 2. The molecule has 9 heteroatoms. The number of guanidine groups is 1. The van der Waals surface area contributed by atoms with E-state index in [0.29, 0.717) is 18.1 Å². The molecule has 0 spiro atoms. The van der Waals surface area contributed by atoms with Crippen molar-refractivity contribution in [2.75, 3.05) is 44.3 Å². The van der Waals surface area contributed by atoms with Crippen molar-refractivity contribution in [3.05, 3.63) is 64.5 Å². The molecule has 2 aliphatic rings. The number of carbonyl (C=O) groups is 1. The maximum Gasteiger partial charge on any atom is 0.337 e. The smallest absolute Gasteiger partial charge is 0.337 e. The largest absolute Gasteiger partial charge is 0.479 e. The number of nitrogens with zero attached hydrogens (tertiary/aromatic N) is 5. The number of aliphatic carboxylic acids is 1. The Bertz CT molecular complexity index is 1620. The van der Waals surface area contributed by atoms with Crippen LogP contribution in [0.15, 0.2) is 52.1 Å². The first-order chi connectivity index (χ1) is 20.9. The van der Waals surface area contributed by atoms with E-state index in [9.17, 15) is 9.90 Å². The number of aromatic nitrogens is 1. The average molecular weight is 600 g/mol. The topological polar surface area (TPSA) is 91.9 Å². The van der Waals surface area contributed by atoms with Gasteiger partial charge in [-0.25, -0.2) is 14.8 Å². The van der Waals surface area contributed by atoms with Gasteiger partial charge in [-0.3, -0.25) is 4.90 Å². The van der Waals surface area contributed by atoms with Crippen LogP contribution in [-0.2, 0) is 20.8 Å². The lowest BCUT2D eigenvalue weighted by Crippen LogP contribution is -2.38. The highest BCUT2D eigenvalue weighted by Gasteiger charge is 2.36. The second kappa shape index (κ2) is 12.7. The molecule has 0 saturated carbocycles. The molecule has 9 nitrogen and oxygen atoms in total. The van der Waals surface area contributed by atoms with E-state index in [1.54, 1.807) is 0 Å². The van der Waals surface area contributed by atoms with Gasteiger partial charge in [0.05, 0.1) is 30.0 Å². The quantitative estimate of drug-likeness (QED) is 0.254. The second-order valence-electron chi connectivity index (χ2n) is 12.9. The number of anilines is 1. The first-order valence-corrected chi connectivity index (χ1v) is 15.3. The van der Waals surface area contributed by atoms with Crippen LogP contribution in [0, 0.1) is 20.8 Å². The summed E-state index contributed by atoms with van der Waals surface area (Å²) in [5, 5.41) is 11.6. The Morgan fingerprint density at radius 2 is 1.80 bits per heavy atom. The van der Waals surface area contributed by atoms with E-state index in [1.165, 1.54) is 0 Å².